The zero-order valence-electron chi connectivity index (χ0n) is 12.9. The van der Waals surface area contributed by atoms with Crippen molar-refractivity contribution in [3.8, 4) is 0 Å². The summed E-state index contributed by atoms with van der Waals surface area (Å²) in [4.78, 5) is 20.2. The molecule has 0 unspecified atom stereocenters. The predicted octanol–water partition coefficient (Wildman–Crippen LogP) is 4.61. The fourth-order valence-corrected chi connectivity index (χ4v) is 3.93. The first-order chi connectivity index (χ1) is 11.3. The second kappa shape index (κ2) is 7.66. The number of nitrogens with zero attached hydrogens (tertiary/aromatic N) is 2. The van der Waals surface area contributed by atoms with E-state index in [2.05, 4.69) is 11.9 Å². The molecule has 0 fully saturated rings. The molecular formula is C17H18N2O2S2. The molecule has 1 aliphatic rings. The molecule has 0 spiro atoms. The van der Waals surface area contributed by atoms with E-state index < -0.39 is 0 Å². The van der Waals surface area contributed by atoms with Crippen LogP contribution in [0.15, 0.2) is 51.0 Å². The van der Waals surface area contributed by atoms with Crippen molar-refractivity contribution in [2.24, 2.45) is 4.99 Å². The Labute approximate surface area is 143 Å². The fraction of sp³-hybridized carbons (Fsp3) is 0.294. The normalized spacial score (nSPS) is 16.4. The Morgan fingerprint density at radius 1 is 1.39 bits per heavy atom. The highest BCUT2D eigenvalue weighted by Gasteiger charge is 2.30. The molecule has 0 radical (unpaired) electrons. The monoisotopic (exact) mass is 346 g/mol. The van der Waals surface area contributed by atoms with Crippen LogP contribution < -0.4 is 0 Å². The van der Waals surface area contributed by atoms with Crippen molar-refractivity contribution in [1.29, 1.82) is 0 Å². The number of aliphatic imine (C=N–C) groups is 1. The maximum absolute atomic E-state index is 12.7. The summed E-state index contributed by atoms with van der Waals surface area (Å²) in [5.41, 5.74) is 0.440. The van der Waals surface area contributed by atoms with Crippen molar-refractivity contribution >= 4 is 40.2 Å². The van der Waals surface area contributed by atoms with Crippen molar-refractivity contribution < 1.29 is 9.21 Å². The molecular weight excluding hydrogens is 328 g/mol. The van der Waals surface area contributed by atoms with Crippen LogP contribution in [0.25, 0.3) is 6.08 Å². The quantitative estimate of drug-likeness (QED) is 0.566. The third-order valence-electron chi connectivity index (χ3n) is 3.36. The van der Waals surface area contributed by atoms with Crippen LogP contribution >= 0.6 is 23.1 Å². The van der Waals surface area contributed by atoms with Gasteiger partial charge in [0.05, 0.1) is 12.8 Å². The molecule has 23 heavy (non-hydrogen) atoms. The molecule has 2 aromatic rings. The van der Waals surface area contributed by atoms with Gasteiger partial charge in [-0.2, -0.15) is 0 Å². The van der Waals surface area contributed by atoms with Gasteiger partial charge in [0.25, 0.3) is 5.91 Å². The van der Waals surface area contributed by atoms with Crippen molar-refractivity contribution in [3.63, 3.8) is 0 Å². The highest BCUT2D eigenvalue weighted by Crippen LogP contribution is 2.27. The zero-order chi connectivity index (χ0) is 16.1. The number of amides is 1. The first kappa shape index (κ1) is 16.1. The minimum atomic E-state index is -0.0613. The Morgan fingerprint density at radius 2 is 2.30 bits per heavy atom. The highest BCUT2D eigenvalue weighted by molar-refractivity contribution is 8.13. The molecule has 0 bridgehead atoms. The molecule has 0 saturated heterocycles. The summed E-state index contributed by atoms with van der Waals surface area (Å²) in [5, 5.41) is 2.81. The minimum absolute atomic E-state index is 0.0613. The van der Waals surface area contributed by atoms with Crippen LogP contribution in [0.4, 0.5) is 0 Å². The fourth-order valence-electron chi connectivity index (χ4n) is 2.15. The van der Waals surface area contributed by atoms with Gasteiger partial charge in [0.1, 0.15) is 11.5 Å². The number of furan rings is 1. The van der Waals surface area contributed by atoms with Crippen LogP contribution in [0.5, 0.6) is 0 Å². The van der Waals surface area contributed by atoms with Gasteiger partial charge in [-0.3, -0.25) is 9.69 Å². The maximum atomic E-state index is 12.7. The lowest BCUT2D eigenvalue weighted by Crippen LogP contribution is -2.29. The Bertz CT molecular complexity index is 703. The molecule has 0 N–H and O–H groups in total. The summed E-state index contributed by atoms with van der Waals surface area (Å²) in [7, 11) is 0. The van der Waals surface area contributed by atoms with Crippen molar-refractivity contribution in [1.82, 2.24) is 4.90 Å². The van der Waals surface area contributed by atoms with Gasteiger partial charge in [-0.25, -0.2) is 4.99 Å². The zero-order valence-corrected chi connectivity index (χ0v) is 14.5. The average molecular weight is 346 g/mol. The number of carbonyl (C=O) groups is 1. The Kier molecular flexibility index (Phi) is 5.35. The van der Waals surface area contributed by atoms with E-state index >= 15 is 0 Å². The Morgan fingerprint density at radius 3 is 3.00 bits per heavy atom. The maximum Gasteiger partial charge on any atom is 0.279 e. The first-order valence-electron chi connectivity index (χ1n) is 7.59. The summed E-state index contributed by atoms with van der Waals surface area (Å²) in [6.45, 7) is 2.73. The van der Waals surface area contributed by atoms with E-state index in [1.165, 1.54) is 0 Å². The lowest BCUT2D eigenvalue weighted by Gasteiger charge is -2.16. The van der Waals surface area contributed by atoms with E-state index in [4.69, 9.17) is 4.42 Å². The van der Waals surface area contributed by atoms with Crippen LogP contribution in [0.2, 0.25) is 0 Å². The molecule has 6 heteroatoms. The van der Waals surface area contributed by atoms with Gasteiger partial charge in [0.15, 0.2) is 5.17 Å². The molecule has 0 aromatic carbocycles. The number of thioether (sulfide) groups is 1. The average Bonchev–Trinajstić information content (AvgIpc) is 3.28. The van der Waals surface area contributed by atoms with Crippen LogP contribution in [0.3, 0.4) is 0 Å². The van der Waals surface area contributed by atoms with Crippen molar-refractivity contribution in [3.05, 3.63) is 52.2 Å². The molecule has 2 aromatic heterocycles. The summed E-state index contributed by atoms with van der Waals surface area (Å²) in [6.07, 6.45) is 5.54. The Hall–Kier alpha value is -1.79. The smallest absolute Gasteiger partial charge is 0.279 e. The highest BCUT2D eigenvalue weighted by atomic mass is 32.2. The van der Waals surface area contributed by atoms with Crippen molar-refractivity contribution in [2.45, 2.75) is 26.3 Å². The number of unbranched alkanes of at least 4 members (excludes halogenated alkanes) is 1. The Balaban J connectivity index is 1.81. The third kappa shape index (κ3) is 3.95. The number of thiophene rings is 1. The summed E-state index contributed by atoms with van der Waals surface area (Å²) < 4.78 is 5.30. The van der Waals surface area contributed by atoms with Gasteiger partial charge in [-0.1, -0.05) is 31.2 Å². The second-order valence-corrected chi connectivity index (χ2v) is 7.21. The van der Waals surface area contributed by atoms with E-state index in [0.29, 0.717) is 18.0 Å². The number of rotatable bonds is 6. The van der Waals surface area contributed by atoms with E-state index in [-0.39, 0.29) is 5.91 Å². The molecule has 0 atom stereocenters. The van der Waals surface area contributed by atoms with Gasteiger partial charge >= 0.3 is 0 Å². The third-order valence-corrected chi connectivity index (χ3v) is 5.28. The van der Waals surface area contributed by atoms with Crippen LogP contribution in [-0.2, 0) is 11.3 Å². The van der Waals surface area contributed by atoms with E-state index in [0.717, 1.165) is 28.6 Å². The summed E-state index contributed by atoms with van der Waals surface area (Å²) in [5.74, 6) is 1.55. The van der Waals surface area contributed by atoms with Gasteiger partial charge < -0.3 is 4.42 Å². The molecule has 120 valence electrons. The molecule has 1 amide bonds. The largest absolute Gasteiger partial charge is 0.465 e. The second-order valence-electron chi connectivity index (χ2n) is 5.11. The number of hydrogen-bond donors (Lipinski definition) is 0. The van der Waals surface area contributed by atoms with Crippen molar-refractivity contribution in [2.75, 3.05) is 5.75 Å². The van der Waals surface area contributed by atoms with Crippen LogP contribution in [-0.4, -0.2) is 21.7 Å². The minimum Gasteiger partial charge on any atom is -0.465 e. The summed E-state index contributed by atoms with van der Waals surface area (Å²) >= 11 is 3.30. The molecule has 4 nitrogen and oxygen atoms in total. The molecule has 3 heterocycles. The summed E-state index contributed by atoms with van der Waals surface area (Å²) in [6, 6.07) is 7.67. The van der Waals surface area contributed by atoms with Crippen LogP contribution in [0, 0.1) is 0 Å². The molecule has 1 aliphatic heterocycles. The van der Waals surface area contributed by atoms with Crippen LogP contribution in [0.1, 0.15) is 30.4 Å². The first-order valence-corrected chi connectivity index (χ1v) is 9.45. The molecule has 3 rings (SSSR count). The SMILES string of the molecule is CCCCSC1=N/C(=C/c2ccco2)C(=O)N1Cc1cccs1. The molecule has 0 aliphatic carbocycles. The van der Waals surface area contributed by atoms with Gasteiger partial charge in [-0.15, -0.1) is 11.3 Å². The van der Waals surface area contributed by atoms with Gasteiger partial charge in [0.2, 0.25) is 0 Å². The lowest BCUT2D eigenvalue weighted by atomic mass is 10.3. The number of hydrogen-bond acceptors (Lipinski definition) is 5. The lowest BCUT2D eigenvalue weighted by molar-refractivity contribution is -0.122. The standard InChI is InChI=1S/C17H18N2O2S2/c1-2-3-9-23-17-18-15(11-13-6-4-8-21-13)16(20)19(17)12-14-7-5-10-22-14/h4-8,10-11H,2-3,9,12H2,1H3/b15-11+. The number of amidine groups is 1. The van der Waals surface area contributed by atoms with Gasteiger partial charge in [-0.05, 0) is 30.0 Å². The van der Waals surface area contributed by atoms with E-state index in [9.17, 15) is 4.79 Å². The topological polar surface area (TPSA) is 45.8 Å². The van der Waals surface area contributed by atoms with Gasteiger partial charge in [0, 0.05) is 16.7 Å². The van der Waals surface area contributed by atoms with E-state index in [1.54, 1.807) is 46.4 Å². The molecule has 0 saturated carbocycles. The predicted molar refractivity (Wildman–Crippen MR) is 96.4 cm³/mol. The van der Waals surface area contributed by atoms with E-state index in [1.807, 2.05) is 23.6 Å². The number of carbonyl (C=O) groups excluding carboxylic acids is 1.